The number of sulfonamides is 1. The molecule has 0 aliphatic heterocycles. The molecule has 0 saturated heterocycles. The number of para-hydroxylation sites is 1. The quantitative estimate of drug-likeness (QED) is 0.399. The van der Waals surface area contributed by atoms with E-state index in [1.54, 1.807) is 6.21 Å². The summed E-state index contributed by atoms with van der Waals surface area (Å²) >= 11 is 6.13. The first-order chi connectivity index (χ1) is 15.5. The van der Waals surface area contributed by atoms with E-state index in [4.69, 9.17) is 11.6 Å². The molecular formula is C24H27ClN4O3S. The minimum Gasteiger partial charge on any atom is -0.318 e. The second-order valence-electron chi connectivity index (χ2n) is 7.94. The highest BCUT2D eigenvalue weighted by Gasteiger charge is 2.23. The summed E-state index contributed by atoms with van der Waals surface area (Å²) in [5.74, 6) is -0.539. The van der Waals surface area contributed by atoms with Crippen molar-refractivity contribution in [3.05, 3.63) is 81.6 Å². The van der Waals surface area contributed by atoms with Gasteiger partial charge in [0, 0.05) is 27.7 Å². The highest BCUT2D eigenvalue weighted by molar-refractivity contribution is 7.92. The maximum atomic E-state index is 12.6. The van der Waals surface area contributed by atoms with Crippen molar-refractivity contribution in [2.45, 2.75) is 27.7 Å². The number of nitrogens with one attached hydrogen (secondary N) is 1. The third kappa shape index (κ3) is 5.64. The van der Waals surface area contributed by atoms with Crippen LogP contribution in [0.2, 0.25) is 5.02 Å². The van der Waals surface area contributed by atoms with Gasteiger partial charge in [0.2, 0.25) is 10.0 Å². The SMILES string of the molecule is Cc1cccc(C)c1N(CC(=O)N/N=C\c1cc(C)n(-c2cccc(Cl)c2)c1C)S(C)(=O)=O. The molecule has 1 N–H and O–H groups in total. The lowest BCUT2D eigenvalue weighted by Gasteiger charge is -2.25. The minimum absolute atomic E-state index is 0.372. The summed E-state index contributed by atoms with van der Waals surface area (Å²) in [7, 11) is -3.67. The first-order valence-corrected chi connectivity index (χ1v) is 12.5. The number of hydrogen-bond acceptors (Lipinski definition) is 4. The maximum absolute atomic E-state index is 12.6. The predicted molar refractivity (Wildman–Crippen MR) is 134 cm³/mol. The van der Waals surface area contributed by atoms with Crippen molar-refractivity contribution in [2.75, 3.05) is 17.1 Å². The van der Waals surface area contributed by atoms with E-state index in [1.807, 2.05) is 80.8 Å². The molecule has 0 fully saturated rings. The van der Waals surface area contributed by atoms with E-state index in [-0.39, 0.29) is 6.54 Å². The smallest absolute Gasteiger partial charge is 0.260 e. The molecule has 1 aromatic heterocycles. The number of nitrogens with zero attached hydrogens (tertiary/aromatic N) is 3. The molecule has 3 aromatic rings. The van der Waals surface area contributed by atoms with E-state index >= 15 is 0 Å². The van der Waals surface area contributed by atoms with Crippen molar-refractivity contribution in [3.8, 4) is 5.69 Å². The molecule has 7 nitrogen and oxygen atoms in total. The number of carbonyl (C=O) groups excluding carboxylic acids is 1. The molecule has 3 rings (SSSR count). The van der Waals surface area contributed by atoms with Crippen LogP contribution in [-0.2, 0) is 14.8 Å². The Bertz CT molecular complexity index is 1310. The van der Waals surface area contributed by atoms with Gasteiger partial charge in [-0.1, -0.05) is 35.9 Å². The van der Waals surface area contributed by atoms with Crippen molar-refractivity contribution in [3.63, 3.8) is 0 Å². The van der Waals surface area contributed by atoms with Gasteiger partial charge < -0.3 is 4.57 Å². The summed E-state index contributed by atoms with van der Waals surface area (Å²) in [5.41, 5.74) is 8.15. The molecule has 0 saturated carbocycles. The number of hydrogen-bond donors (Lipinski definition) is 1. The van der Waals surface area contributed by atoms with Gasteiger partial charge in [-0.3, -0.25) is 9.10 Å². The van der Waals surface area contributed by atoms with Gasteiger partial charge in [-0.25, -0.2) is 13.8 Å². The highest BCUT2D eigenvalue weighted by atomic mass is 35.5. The Morgan fingerprint density at radius 1 is 1.09 bits per heavy atom. The van der Waals surface area contributed by atoms with Crippen LogP contribution in [0.5, 0.6) is 0 Å². The van der Waals surface area contributed by atoms with Crippen molar-refractivity contribution in [2.24, 2.45) is 5.10 Å². The molecule has 0 unspecified atom stereocenters. The fourth-order valence-electron chi connectivity index (χ4n) is 3.83. The van der Waals surface area contributed by atoms with Crippen LogP contribution < -0.4 is 9.73 Å². The van der Waals surface area contributed by atoms with E-state index in [9.17, 15) is 13.2 Å². The number of carbonyl (C=O) groups is 1. The summed E-state index contributed by atoms with van der Waals surface area (Å²) < 4.78 is 28.0. The summed E-state index contributed by atoms with van der Waals surface area (Å²) in [5, 5.41) is 4.70. The first kappa shape index (κ1) is 24.5. The Morgan fingerprint density at radius 3 is 2.33 bits per heavy atom. The molecule has 0 radical (unpaired) electrons. The van der Waals surface area contributed by atoms with Gasteiger partial charge in [0.15, 0.2) is 0 Å². The van der Waals surface area contributed by atoms with Crippen LogP contribution in [0.25, 0.3) is 5.69 Å². The van der Waals surface area contributed by atoms with E-state index in [0.29, 0.717) is 10.7 Å². The lowest BCUT2D eigenvalue weighted by Crippen LogP contribution is -2.39. The van der Waals surface area contributed by atoms with Crippen LogP contribution in [0.4, 0.5) is 5.69 Å². The van der Waals surface area contributed by atoms with Gasteiger partial charge in [0.05, 0.1) is 18.2 Å². The van der Waals surface area contributed by atoms with Gasteiger partial charge in [0.1, 0.15) is 6.54 Å². The Hall–Kier alpha value is -3.10. The van der Waals surface area contributed by atoms with Gasteiger partial charge >= 0.3 is 0 Å². The largest absolute Gasteiger partial charge is 0.318 e. The Kier molecular flexibility index (Phi) is 7.29. The first-order valence-electron chi connectivity index (χ1n) is 10.3. The fraction of sp³-hybridized carbons (Fsp3) is 0.250. The van der Waals surface area contributed by atoms with Crippen LogP contribution in [0.3, 0.4) is 0 Å². The third-order valence-electron chi connectivity index (χ3n) is 5.31. The fourth-order valence-corrected chi connectivity index (χ4v) is 4.99. The van der Waals surface area contributed by atoms with E-state index in [1.165, 1.54) is 0 Å². The molecule has 0 aliphatic rings. The number of halogens is 1. The molecule has 0 aliphatic carbocycles. The normalized spacial score (nSPS) is 11.7. The molecule has 9 heteroatoms. The topological polar surface area (TPSA) is 83.8 Å². The number of amides is 1. The zero-order chi connectivity index (χ0) is 24.3. The Morgan fingerprint density at radius 2 is 1.73 bits per heavy atom. The maximum Gasteiger partial charge on any atom is 0.260 e. The third-order valence-corrected chi connectivity index (χ3v) is 6.65. The second kappa shape index (κ2) is 9.80. The monoisotopic (exact) mass is 486 g/mol. The van der Waals surface area contributed by atoms with Gasteiger partial charge in [0.25, 0.3) is 5.91 Å². The summed E-state index contributed by atoms with van der Waals surface area (Å²) in [6.45, 7) is 7.17. The predicted octanol–water partition coefficient (Wildman–Crippen LogP) is 4.28. The van der Waals surface area contributed by atoms with E-state index in [0.717, 1.165) is 44.3 Å². The molecule has 0 bridgehead atoms. The van der Waals surface area contributed by atoms with Crippen molar-refractivity contribution in [1.29, 1.82) is 0 Å². The van der Waals surface area contributed by atoms with Crippen LogP contribution >= 0.6 is 11.6 Å². The number of aromatic nitrogens is 1. The molecule has 0 spiro atoms. The van der Waals surface area contributed by atoms with Crippen molar-refractivity contribution >= 4 is 39.4 Å². The lowest BCUT2D eigenvalue weighted by atomic mass is 10.1. The molecule has 0 atom stereocenters. The number of aryl methyl sites for hydroxylation is 3. The Labute approximate surface area is 199 Å². The zero-order valence-electron chi connectivity index (χ0n) is 19.3. The van der Waals surface area contributed by atoms with E-state index < -0.39 is 15.9 Å². The average Bonchev–Trinajstić information content (AvgIpc) is 2.99. The lowest BCUT2D eigenvalue weighted by molar-refractivity contribution is -0.119. The van der Waals surface area contributed by atoms with Crippen LogP contribution in [0, 0.1) is 27.7 Å². The number of anilines is 1. The second-order valence-corrected chi connectivity index (χ2v) is 10.3. The molecule has 1 heterocycles. The number of benzene rings is 2. The molecular weight excluding hydrogens is 460 g/mol. The van der Waals surface area contributed by atoms with Crippen LogP contribution in [-0.4, -0.2) is 37.9 Å². The number of rotatable bonds is 7. The van der Waals surface area contributed by atoms with Gasteiger partial charge in [-0.15, -0.1) is 0 Å². The van der Waals surface area contributed by atoms with Crippen LogP contribution in [0.1, 0.15) is 28.1 Å². The summed E-state index contributed by atoms with van der Waals surface area (Å²) in [6.07, 6.45) is 2.63. The van der Waals surface area contributed by atoms with Crippen molar-refractivity contribution in [1.82, 2.24) is 9.99 Å². The molecule has 174 valence electrons. The molecule has 33 heavy (non-hydrogen) atoms. The van der Waals surface area contributed by atoms with E-state index in [2.05, 4.69) is 10.5 Å². The highest BCUT2D eigenvalue weighted by Crippen LogP contribution is 2.26. The summed E-state index contributed by atoms with van der Waals surface area (Å²) in [4.78, 5) is 12.6. The average molecular weight is 487 g/mol. The van der Waals surface area contributed by atoms with Gasteiger partial charge in [-0.05, 0) is 63.1 Å². The minimum atomic E-state index is -3.67. The van der Waals surface area contributed by atoms with Crippen LogP contribution in [0.15, 0.2) is 53.6 Å². The molecule has 2 aromatic carbocycles. The molecule has 1 amide bonds. The zero-order valence-corrected chi connectivity index (χ0v) is 20.8. The Balaban J connectivity index is 1.78. The van der Waals surface area contributed by atoms with Crippen molar-refractivity contribution < 1.29 is 13.2 Å². The summed E-state index contributed by atoms with van der Waals surface area (Å²) in [6, 6.07) is 15.0. The standard InChI is InChI=1S/C24H27ClN4O3S/c1-16-8-6-9-17(2)24(16)28(33(5,31)32)15-23(30)27-26-14-20-12-18(3)29(19(20)4)22-11-7-10-21(25)13-22/h6-14H,15H2,1-5H3,(H,27,30)/b26-14-. The number of hydrazone groups is 1. The van der Waals surface area contributed by atoms with Gasteiger partial charge in [-0.2, -0.15) is 5.10 Å².